The molecule has 4 rings (SSSR count). The number of carbonyl (C=O) groups excluding carboxylic acids is 1. The van der Waals surface area contributed by atoms with Gasteiger partial charge in [0.15, 0.2) is 5.13 Å². The Morgan fingerprint density at radius 1 is 1.23 bits per heavy atom. The number of benzene rings is 2. The first-order valence-electron chi connectivity index (χ1n) is 9.85. The summed E-state index contributed by atoms with van der Waals surface area (Å²) in [6.45, 7) is 4.66. The normalized spacial score (nSPS) is 14.1. The van der Waals surface area contributed by atoms with Crippen molar-refractivity contribution in [3.63, 3.8) is 0 Å². The molecule has 3 aromatic rings. The molecule has 0 radical (unpaired) electrons. The zero-order chi connectivity index (χ0) is 20.9. The highest BCUT2D eigenvalue weighted by molar-refractivity contribution is 7.15. The molecule has 1 aliphatic heterocycles. The van der Waals surface area contributed by atoms with Crippen LogP contribution in [-0.2, 0) is 24.3 Å². The third-order valence-electron chi connectivity index (χ3n) is 5.03. The molecule has 5 nitrogen and oxygen atoms in total. The predicted molar refractivity (Wildman–Crippen MR) is 120 cm³/mol. The van der Waals surface area contributed by atoms with Gasteiger partial charge in [0.25, 0.3) is 5.91 Å². The minimum absolute atomic E-state index is 0.0673. The number of nitrogens with zero attached hydrogens (tertiary/aromatic N) is 3. The molecular formula is C24H22N4OS. The molecule has 30 heavy (non-hydrogen) atoms. The molecule has 1 aromatic heterocycles. The molecule has 0 saturated heterocycles. The van der Waals surface area contributed by atoms with Gasteiger partial charge < -0.3 is 0 Å². The molecule has 0 bridgehead atoms. The number of aryl methyl sites for hydroxylation is 1. The fourth-order valence-electron chi connectivity index (χ4n) is 3.42. The number of aromatic nitrogens is 1. The third-order valence-corrected chi connectivity index (χ3v) is 6.03. The number of carbonyl (C=O) groups is 1. The van der Waals surface area contributed by atoms with Crippen LogP contribution in [0.3, 0.4) is 0 Å². The lowest BCUT2D eigenvalue weighted by molar-refractivity contribution is -0.112. The molecule has 150 valence electrons. The van der Waals surface area contributed by atoms with Gasteiger partial charge in [-0.1, -0.05) is 60.2 Å². The van der Waals surface area contributed by atoms with Crippen molar-refractivity contribution in [3.05, 3.63) is 87.4 Å². The van der Waals surface area contributed by atoms with E-state index in [1.165, 1.54) is 21.8 Å². The van der Waals surface area contributed by atoms with Crippen LogP contribution in [0.4, 0.5) is 5.13 Å². The van der Waals surface area contributed by atoms with E-state index in [0.717, 1.165) is 42.9 Å². The van der Waals surface area contributed by atoms with Crippen molar-refractivity contribution in [2.75, 3.05) is 11.9 Å². The Morgan fingerprint density at radius 3 is 2.73 bits per heavy atom. The highest BCUT2D eigenvalue weighted by Gasteiger charge is 2.22. The van der Waals surface area contributed by atoms with Crippen LogP contribution in [0.25, 0.3) is 6.08 Å². The van der Waals surface area contributed by atoms with Gasteiger partial charge in [-0.2, -0.15) is 5.26 Å². The fourth-order valence-corrected chi connectivity index (χ4v) is 4.47. The van der Waals surface area contributed by atoms with Crippen molar-refractivity contribution in [2.24, 2.45) is 0 Å². The molecule has 0 atom stereocenters. The maximum atomic E-state index is 12.6. The summed E-state index contributed by atoms with van der Waals surface area (Å²) in [5, 5.41) is 12.8. The first kappa shape index (κ1) is 20.0. The van der Waals surface area contributed by atoms with Crippen molar-refractivity contribution in [1.82, 2.24) is 9.88 Å². The first-order chi connectivity index (χ1) is 14.6. The Bertz CT molecular complexity index is 1110. The number of amides is 1. The van der Waals surface area contributed by atoms with Gasteiger partial charge >= 0.3 is 0 Å². The second-order valence-electron chi connectivity index (χ2n) is 7.37. The molecule has 0 spiro atoms. The number of hydrogen-bond acceptors (Lipinski definition) is 5. The smallest absolute Gasteiger partial charge is 0.268 e. The minimum atomic E-state index is -0.426. The van der Waals surface area contributed by atoms with Crippen LogP contribution in [-0.4, -0.2) is 22.3 Å². The van der Waals surface area contributed by atoms with Gasteiger partial charge in [-0.05, 0) is 24.1 Å². The summed E-state index contributed by atoms with van der Waals surface area (Å²) < 4.78 is 0. The van der Waals surface area contributed by atoms with E-state index in [9.17, 15) is 10.1 Å². The molecule has 2 aromatic carbocycles. The van der Waals surface area contributed by atoms with Gasteiger partial charge in [0.1, 0.15) is 11.6 Å². The van der Waals surface area contributed by atoms with E-state index in [-0.39, 0.29) is 5.57 Å². The first-order valence-corrected chi connectivity index (χ1v) is 10.7. The molecule has 6 heteroatoms. The van der Waals surface area contributed by atoms with E-state index in [0.29, 0.717) is 5.13 Å². The predicted octanol–water partition coefficient (Wildman–Crippen LogP) is 4.56. The molecule has 1 amide bonds. The third kappa shape index (κ3) is 4.82. The average Bonchev–Trinajstić information content (AvgIpc) is 3.15. The zero-order valence-corrected chi connectivity index (χ0v) is 17.6. The van der Waals surface area contributed by atoms with Gasteiger partial charge in [0.2, 0.25) is 0 Å². The van der Waals surface area contributed by atoms with Crippen LogP contribution >= 0.6 is 11.3 Å². The number of hydrogen-bond donors (Lipinski definition) is 1. The summed E-state index contributed by atoms with van der Waals surface area (Å²) in [5.74, 6) is -0.426. The van der Waals surface area contributed by atoms with Crippen LogP contribution in [0.1, 0.15) is 27.3 Å². The van der Waals surface area contributed by atoms with Crippen molar-refractivity contribution < 1.29 is 4.79 Å². The maximum Gasteiger partial charge on any atom is 0.268 e. The zero-order valence-electron chi connectivity index (χ0n) is 16.8. The Morgan fingerprint density at radius 2 is 2.00 bits per heavy atom. The van der Waals surface area contributed by atoms with Gasteiger partial charge in [-0.15, -0.1) is 11.3 Å². The maximum absolute atomic E-state index is 12.6. The van der Waals surface area contributed by atoms with E-state index in [1.54, 1.807) is 6.08 Å². The summed E-state index contributed by atoms with van der Waals surface area (Å²) in [6, 6.07) is 20.1. The molecule has 2 heterocycles. The number of anilines is 1. The Hall–Kier alpha value is -3.27. The summed E-state index contributed by atoms with van der Waals surface area (Å²) in [4.78, 5) is 20.7. The number of nitriles is 1. The molecule has 0 aliphatic carbocycles. The Labute approximate surface area is 180 Å². The Kier molecular flexibility index (Phi) is 6.03. The SMILES string of the molecule is Cc1ccc(C=C(C#N)C(=O)Nc2nc3c(s2)CN(Cc2ccccc2)CC3)cc1. The Balaban J connectivity index is 1.43. The lowest BCUT2D eigenvalue weighted by atomic mass is 10.1. The van der Waals surface area contributed by atoms with Crippen molar-refractivity contribution in [3.8, 4) is 6.07 Å². The second-order valence-corrected chi connectivity index (χ2v) is 8.45. The summed E-state index contributed by atoms with van der Waals surface area (Å²) in [6.07, 6.45) is 2.46. The molecular weight excluding hydrogens is 392 g/mol. The van der Waals surface area contributed by atoms with Gasteiger partial charge in [-0.25, -0.2) is 4.98 Å². The summed E-state index contributed by atoms with van der Waals surface area (Å²) in [5.41, 5.74) is 4.35. The van der Waals surface area contributed by atoms with Gasteiger partial charge in [-0.3, -0.25) is 15.0 Å². The van der Waals surface area contributed by atoms with Crippen LogP contribution in [0, 0.1) is 18.3 Å². The number of rotatable bonds is 5. The van der Waals surface area contributed by atoms with E-state index in [4.69, 9.17) is 0 Å². The number of thiazole rings is 1. The van der Waals surface area contributed by atoms with Crippen molar-refractivity contribution in [1.29, 1.82) is 5.26 Å². The largest absolute Gasteiger partial charge is 0.297 e. The van der Waals surface area contributed by atoms with E-state index >= 15 is 0 Å². The average molecular weight is 415 g/mol. The lowest BCUT2D eigenvalue weighted by Gasteiger charge is -2.25. The highest BCUT2D eigenvalue weighted by Crippen LogP contribution is 2.29. The van der Waals surface area contributed by atoms with E-state index in [1.807, 2.05) is 43.3 Å². The number of fused-ring (bicyclic) bond motifs is 1. The number of nitrogens with one attached hydrogen (secondary N) is 1. The molecule has 1 N–H and O–H groups in total. The summed E-state index contributed by atoms with van der Waals surface area (Å²) >= 11 is 1.49. The minimum Gasteiger partial charge on any atom is -0.297 e. The van der Waals surface area contributed by atoms with Crippen molar-refractivity contribution in [2.45, 2.75) is 26.4 Å². The fraction of sp³-hybridized carbons (Fsp3) is 0.208. The van der Waals surface area contributed by atoms with Crippen molar-refractivity contribution >= 4 is 28.5 Å². The van der Waals surface area contributed by atoms with E-state index < -0.39 is 5.91 Å². The highest BCUT2D eigenvalue weighted by atomic mass is 32.1. The van der Waals surface area contributed by atoms with Gasteiger partial charge in [0.05, 0.1) is 5.69 Å². The summed E-state index contributed by atoms with van der Waals surface area (Å²) in [7, 11) is 0. The van der Waals surface area contributed by atoms with E-state index in [2.05, 4.69) is 39.5 Å². The van der Waals surface area contributed by atoms with Crippen LogP contribution < -0.4 is 5.32 Å². The molecule has 0 saturated carbocycles. The topological polar surface area (TPSA) is 69.0 Å². The standard InChI is InChI=1S/C24H22N4OS/c1-17-7-9-18(10-8-17)13-20(14-25)23(29)27-24-26-21-11-12-28(16-22(21)30-24)15-19-5-3-2-4-6-19/h2-10,13H,11-12,15-16H2,1H3,(H,26,27,29). The molecule has 0 unspecified atom stereocenters. The quantitative estimate of drug-likeness (QED) is 0.491. The van der Waals surface area contributed by atoms with Crippen LogP contribution in [0.5, 0.6) is 0 Å². The molecule has 1 aliphatic rings. The lowest BCUT2D eigenvalue weighted by Crippen LogP contribution is -2.29. The van der Waals surface area contributed by atoms with Gasteiger partial charge in [0, 0.05) is 30.9 Å². The van der Waals surface area contributed by atoms with Crippen LogP contribution in [0.15, 0.2) is 60.2 Å². The van der Waals surface area contributed by atoms with Crippen LogP contribution in [0.2, 0.25) is 0 Å². The molecule has 0 fully saturated rings. The second kappa shape index (κ2) is 9.04. The monoisotopic (exact) mass is 414 g/mol.